The molecule has 0 aliphatic rings. The monoisotopic (exact) mass is 330 g/mol. The number of aliphatic hydroxyl groups is 1. The van der Waals surface area contributed by atoms with Crippen molar-refractivity contribution in [2.75, 3.05) is 13.1 Å². The molecule has 1 amide bonds. The molecule has 0 aliphatic carbocycles. The molecule has 1 aromatic rings. The number of halogens is 1. The van der Waals surface area contributed by atoms with Crippen LogP contribution in [0, 0.1) is 0 Å². The van der Waals surface area contributed by atoms with Crippen molar-refractivity contribution in [3.63, 3.8) is 0 Å². The van der Waals surface area contributed by atoms with Crippen LogP contribution in [-0.4, -0.2) is 39.2 Å². The first-order chi connectivity index (χ1) is 8.65. The molecule has 0 saturated carbocycles. The van der Waals surface area contributed by atoms with E-state index in [0.29, 0.717) is 18.8 Å². The lowest BCUT2D eigenvalue weighted by molar-refractivity contribution is 0.0308. The average Bonchev–Trinajstić information content (AvgIpc) is 2.66. The molecule has 0 spiro atoms. The van der Waals surface area contributed by atoms with Gasteiger partial charge in [-0.1, -0.05) is 0 Å². The van der Waals surface area contributed by atoms with E-state index in [1.54, 1.807) is 18.7 Å². The quantitative estimate of drug-likeness (QED) is 0.901. The Morgan fingerprint density at radius 1 is 1.53 bits per heavy atom. The molecule has 1 rings (SSSR count). The summed E-state index contributed by atoms with van der Waals surface area (Å²) in [5.41, 5.74) is -0.244. The summed E-state index contributed by atoms with van der Waals surface area (Å²) < 4.78 is 2.84. The molecule has 0 aliphatic heterocycles. The highest BCUT2D eigenvalue weighted by Crippen LogP contribution is 2.21. The molecule has 4 nitrogen and oxygen atoms in total. The zero-order chi connectivity index (χ0) is 14.8. The number of likely N-dealkylation sites (N-methyl/N-ethyl adjacent to an activating group) is 1. The summed E-state index contributed by atoms with van der Waals surface area (Å²) in [7, 11) is 0. The fourth-order valence-corrected chi connectivity index (χ4v) is 2.44. The lowest BCUT2D eigenvalue weighted by Crippen LogP contribution is -2.42. The van der Waals surface area contributed by atoms with Gasteiger partial charge in [-0.15, -0.1) is 0 Å². The fourth-order valence-electron chi connectivity index (χ4n) is 2.00. The molecule has 0 saturated heterocycles. The predicted octanol–water partition coefficient (Wildman–Crippen LogP) is 3.06. The van der Waals surface area contributed by atoms with Crippen LogP contribution in [0.5, 0.6) is 0 Å². The molecule has 1 aromatic heterocycles. The second kappa shape index (κ2) is 6.09. The number of nitrogens with zero attached hydrogens (tertiary/aromatic N) is 2. The third-order valence-corrected chi connectivity index (χ3v) is 3.27. The minimum Gasteiger partial charge on any atom is -0.389 e. The number of carbonyl (C=O) groups excluding carboxylic acids is 1. The molecule has 0 bridgehead atoms. The van der Waals surface area contributed by atoms with Crippen LogP contribution in [0.4, 0.5) is 0 Å². The van der Waals surface area contributed by atoms with Crippen LogP contribution in [0.3, 0.4) is 0 Å². The van der Waals surface area contributed by atoms with Crippen molar-refractivity contribution in [3.8, 4) is 0 Å². The third-order valence-electron chi connectivity index (χ3n) is 2.84. The van der Waals surface area contributed by atoms with E-state index < -0.39 is 5.60 Å². The Labute approximate surface area is 123 Å². The second-order valence-corrected chi connectivity index (χ2v) is 6.59. The van der Waals surface area contributed by atoms with Crippen molar-refractivity contribution in [3.05, 3.63) is 22.4 Å². The molecular weight excluding hydrogens is 308 g/mol. The van der Waals surface area contributed by atoms with E-state index >= 15 is 0 Å². The van der Waals surface area contributed by atoms with Gasteiger partial charge in [0.05, 0.1) is 5.60 Å². The molecule has 19 heavy (non-hydrogen) atoms. The molecule has 0 unspecified atom stereocenters. The molecule has 0 atom stereocenters. The average molecular weight is 331 g/mol. The highest BCUT2D eigenvalue weighted by atomic mass is 79.9. The Morgan fingerprint density at radius 3 is 2.53 bits per heavy atom. The number of rotatable bonds is 5. The van der Waals surface area contributed by atoms with Crippen LogP contribution < -0.4 is 0 Å². The summed E-state index contributed by atoms with van der Waals surface area (Å²) in [5, 5.41) is 9.89. The van der Waals surface area contributed by atoms with Crippen molar-refractivity contribution in [1.82, 2.24) is 9.47 Å². The van der Waals surface area contributed by atoms with Gasteiger partial charge in [-0.3, -0.25) is 4.79 Å². The molecule has 108 valence electrons. The zero-order valence-electron chi connectivity index (χ0n) is 12.3. The van der Waals surface area contributed by atoms with Gasteiger partial charge < -0.3 is 14.6 Å². The van der Waals surface area contributed by atoms with Crippen molar-refractivity contribution in [2.24, 2.45) is 0 Å². The Bertz CT molecular complexity index is 447. The predicted molar refractivity (Wildman–Crippen MR) is 80.4 cm³/mol. The first kappa shape index (κ1) is 16.2. The van der Waals surface area contributed by atoms with Gasteiger partial charge in [0.15, 0.2) is 0 Å². The van der Waals surface area contributed by atoms with E-state index in [0.717, 1.165) is 4.47 Å². The zero-order valence-corrected chi connectivity index (χ0v) is 13.9. The number of hydrogen-bond acceptors (Lipinski definition) is 2. The fraction of sp³-hybridized carbons (Fsp3) is 0.643. The Morgan fingerprint density at radius 2 is 2.11 bits per heavy atom. The second-order valence-electron chi connectivity index (χ2n) is 5.68. The topological polar surface area (TPSA) is 45.5 Å². The smallest absolute Gasteiger partial charge is 0.270 e. The summed E-state index contributed by atoms with van der Waals surface area (Å²) >= 11 is 3.41. The largest absolute Gasteiger partial charge is 0.389 e. The minimum absolute atomic E-state index is 0.0518. The van der Waals surface area contributed by atoms with Gasteiger partial charge in [-0.2, -0.15) is 0 Å². The molecule has 0 fully saturated rings. The van der Waals surface area contributed by atoms with E-state index in [1.165, 1.54) is 0 Å². The third kappa shape index (κ3) is 4.35. The maximum absolute atomic E-state index is 12.6. The molecule has 0 radical (unpaired) electrons. The Hall–Kier alpha value is -0.810. The lowest BCUT2D eigenvalue weighted by Gasteiger charge is -2.28. The van der Waals surface area contributed by atoms with Gasteiger partial charge in [0.25, 0.3) is 5.91 Å². The van der Waals surface area contributed by atoms with Crippen LogP contribution in [-0.2, 0) is 0 Å². The maximum atomic E-state index is 12.6. The van der Waals surface area contributed by atoms with Gasteiger partial charge in [-0.25, -0.2) is 0 Å². The molecule has 1 heterocycles. The van der Waals surface area contributed by atoms with Gasteiger partial charge >= 0.3 is 0 Å². The van der Waals surface area contributed by atoms with Gasteiger partial charge in [0.1, 0.15) is 5.69 Å². The van der Waals surface area contributed by atoms with Gasteiger partial charge in [0.2, 0.25) is 0 Å². The maximum Gasteiger partial charge on any atom is 0.270 e. The summed E-state index contributed by atoms with van der Waals surface area (Å²) in [5.74, 6) is -0.0518. The van der Waals surface area contributed by atoms with E-state index in [1.807, 2.05) is 37.6 Å². The first-order valence-corrected chi connectivity index (χ1v) is 7.34. The number of carbonyl (C=O) groups is 1. The molecular formula is C14H23BrN2O2. The van der Waals surface area contributed by atoms with Crippen molar-refractivity contribution >= 4 is 21.8 Å². The van der Waals surface area contributed by atoms with Crippen LogP contribution in [0.15, 0.2) is 16.7 Å². The SMILES string of the molecule is CCN(CC(C)(C)O)C(=O)c1cc(Br)cn1C(C)C. The van der Waals surface area contributed by atoms with E-state index in [4.69, 9.17) is 0 Å². The van der Waals surface area contributed by atoms with Crippen molar-refractivity contribution in [1.29, 1.82) is 0 Å². The minimum atomic E-state index is -0.891. The summed E-state index contributed by atoms with van der Waals surface area (Å²) in [6.45, 7) is 10.3. The summed E-state index contributed by atoms with van der Waals surface area (Å²) in [6, 6.07) is 2.04. The Kier molecular flexibility index (Phi) is 5.21. The van der Waals surface area contributed by atoms with Crippen molar-refractivity contribution < 1.29 is 9.90 Å². The normalized spacial score (nSPS) is 12.0. The number of amides is 1. The Balaban J connectivity index is 3.04. The van der Waals surface area contributed by atoms with Crippen LogP contribution >= 0.6 is 15.9 Å². The van der Waals surface area contributed by atoms with Crippen LogP contribution in [0.25, 0.3) is 0 Å². The standard InChI is InChI=1S/C14H23BrN2O2/c1-6-16(9-14(4,5)19)13(18)12-7-11(15)8-17(12)10(2)3/h7-8,10,19H,6,9H2,1-5H3. The van der Waals surface area contributed by atoms with E-state index in [2.05, 4.69) is 15.9 Å². The van der Waals surface area contributed by atoms with Gasteiger partial charge in [0, 0.05) is 29.8 Å². The molecule has 5 heteroatoms. The summed E-state index contributed by atoms with van der Waals surface area (Å²) in [4.78, 5) is 14.2. The van der Waals surface area contributed by atoms with Gasteiger partial charge in [-0.05, 0) is 56.6 Å². The van der Waals surface area contributed by atoms with Crippen LogP contribution in [0.2, 0.25) is 0 Å². The highest BCUT2D eigenvalue weighted by molar-refractivity contribution is 9.10. The molecule has 0 aromatic carbocycles. The highest BCUT2D eigenvalue weighted by Gasteiger charge is 2.25. The lowest BCUT2D eigenvalue weighted by atomic mass is 10.1. The van der Waals surface area contributed by atoms with E-state index in [-0.39, 0.29) is 11.9 Å². The first-order valence-electron chi connectivity index (χ1n) is 6.54. The number of aromatic nitrogens is 1. The molecule has 1 N–H and O–H groups in total. The number of hydrogen-bond donors (Lipinski definition) is 1. The summed E-state index contributed by atoms with van der Waals surface area (Å²) in [6.07, 6.45) is 1.91. The van der Waals surface area contributed by atoms with Crippen LogP contribution in [0.1, 0.15) is 51.1 Å². The van der Waals surface area contributed by atoms with E-state index in [9.17, 15) is 9.90 Å². The van der Waals surface area contributed by atoms with Crippen molar-refractivity contribution in [2.45, 2.75) is 46.3 Å².